The van der Waals surface area contributed by atoms with Crippen molar-refractivity contribution in [2.45, 2.75) is 19.4 Å². The molecule has 0 heterocycles. The van der Waals surface area contributed by atoms with Gasteiger partial charge in [-0.05, 0) is 6.42 Å². The first-order chi connectivity index (χ1) is 3.35. The fourth-order valence-electron chi connectivity index (χ4n) is 0.430. The minimum atomic E-state index is 0.312. The van der Waals surface area contributed by atoms with Crippen molar-refractivity contribution in [1.82, 2.24) is 0 Å². The van der Waals surface area contributed by atoms with Crippen LogP contribution >= 0.6 is 0 Å². The molecule has 0 spiro atoms. The quantitative estimate of drug-likeness (QED) is 0.379. The molecule has 0 aliphatic carbocycles. The molecule has 0 bridgehead atoms. The van der Waals surface area contributed by atoms with Crippen molar-refractivity contribution in [2.75, 3.05) is 0 Å². The lowest BCUT2D eigenvalue weighted by atomic mass is 10.3. The Morgan fingerprint density at radius 1 is 2.00 bits per heavy atom. The van der Waals surface area contributed by atoms with E-state index in [1.54, 1.807) is 0 Å². The molecule has 0 amide bonds. The van der Waals surface area contributed by atoms with Crippen molar-refractivity contribution in [3.05, 3.63) is 12.7 Å². The zero-order chi connectivity index (χ0) is 5.70. The molecular weight excluding hydrogens is 104 g/mol. The van der Waals surface area contributed by atoms with Gasteiger partial charge in [-0.3, -0.25) is 0 Å². The summed E-state index contributed by atoms with van der Waals surface area (Å²) in [5, 5.41) is 0. The highest BCUT2D eigenvalue weighted by Gasteiger charge is 1.91. The maximum absolute atomic E-state index is 5.07. The van der Waals surface area contributed by atoms with E-state index in [1.807, 2.05) is 6.08 Å². The van der Waals surface area contributed by atoms with E-state index in [-0.39, 0.29) is 0 Å². The molecular formula is C5H12OSi. The Bertz CT molecular complexity index is 50.0. The third-order valence-corrected chi connectivity index (χ3v) is 1.57. The molecule has 7 heavy (non-hydrogen) atoms. The van der Waals surface area contributed by atoms with Gasteiger partial charge in [0.2, 0.25) is 0 Å². The molecule has 0 aliphatic heterocycles. The first-order valence-corrected chi connectivity index (χ1v) is 3.32. The Hall–Kier alpha value is -0.0831. The molecule has 0 rings (SSSR count). The first kappa shape index (κ1) is 6.92. The zero-order valence-electron chi connectivity index (χ0n) is 4.98. The van der Waals surface area contributed by atoms with Crippen LogP contribution in [0.5, 0.6) is 0 Å². The lowest BCUT2D eigenvalue weighted by molar-refractivity contribution is 0.270. The van der Waals surface area contributed by atoms with Gasteiger partial charge < -0.3 is 4.43 Å². The summed E-state index contributed by atoms with van der Waals surface area (Å²) < 4.78 is 5.07. The van der Waals surface area contributed by atoms with E-state index in [0.717, 1.165) is 16.9 Å². The molecule has 0 N–H and O–H groups in total. The van der Waals surface area contributed by atoms with Crippen LogP contribution in [0, 0.1) is 0 Å². The van der Waals surface area contributed by atoms with Gasteiger partial charge in [0.05, 0.1) is 6.10 Å². The SMILES string of the molecule is C=CC(CC)O[SiH3]. The zero-order valence-corrected chi connectivity index (χ0v) is 6.98. The van der Waals surface area contributed by atoms with E-state index in [9.17, 15) is 0 Å². The van der Waals surface area contributed by atoms with Crippen molar-refractivity contribution < 1.29 is 4.43 Å². The van der Waals surface area contributed by atoms with Gasteiger partial charge in [0.15, 0.2) is 0 Å². The third kappa shape index (κ3) is 2.59. The minimum absolute atomic E-state index is 0.312. The Morgan fingerprint density at radius 3 is 2.57 bits per heavy atom. The van der Waals surface area contributed by atoms with Crippen LogP contribution in [0.25, 0.3) is 0 Å². The normalized spacial score (nSPS) is 13.9. The molecule has 0 aromatic carbocycles. The molecule has 1 atom stereocenters. The summed E-state index contributed by atoms with van der Waals surface area (Å²) in [6, 6.07) is 0. The average molecular weight is 116 g/mol. The van der Waals surface area contributed by atoms with Gasteiger partial charge in [-0.1, -0.05) is 13.0 Å². The van der Waals surface area contributed by atoms with Gasteiger partial charge in [-0.2, -0.15) is 0 Å². The molecule has 0 saturated carbocycles. The molecule has 42 valence electrons. The highest BCUT2D eigenvalue weighted by molar-refractivity contribution is 5.98. The summed E-state index contributed by atoms with van der Waals surface area (Å²) in [5.41, 5.74) is 0. The number of hydrogen-bond acceptors (Lipinski definition) is 1. The summed E-state index contributed by atoms with van der Waals surface area (Å²) in [6.07, 6.45) is 3.20. The second-order valence-corrected chi connectivity index (χ2v) is 1.89. The summed E-state index contributed by atoms with van der Waals surface area (Å²) in [7, 11) is 0.820. The topological polar surface area (TPSA) is 9.23 Å². The summed E-state index contributed by atoms with van der Waals surface area (Å²) in [5.74, 6) is 0. The van der Waals surface area contributed by atoms with E-state index < -0.39 is 0 Å². The average Bonchev–Trinajstić information content (AvgIpc) is 1.72. The highest BCUT2D eigenvalue weighted by atomic mass is 28.2. The Morgan fingerprint density at radius 2 is 2.57 bits per heavy atom. The van der Waals surface area contributed by atoms with Crippen molar-refractivity contribution in [3.8, 4) is 0 Å². The Balaban J connectivity index is 3.16. The fourth-order valence-corrected chi connectivity index (χ4v) is 0.955. The van der Waals surface area contributed by atoms with Crippen LogP contribution in [0.2, 0.25) is 0 Å². The first-order valence-electron chi connectivity index (χ1n) is 2.50. The lowest BCUT2D eigenvalue weighted by Gasteiger charge is -2.04. The predicted octanol–water partition coefficient (Wildman–Crippen LogP) is 0.248. The maximum atomic E-state index is 5.07. The van der Waals surface area contributed by atoms with Crippen molar-refractivity contribution in [2.24, 2.45) is 0 Å². The summed E-state index contributed by atoms with van der Waals surface area (Å²) in [4.78, 5) is 0. The van der Waals surface area contributed by atoms with Crippen LogP contribution < -0.4 is 0 Å². The van der Waals surface area contributed by atoms with Crippen molar-refractivity contribution in [1.29, 1.82) is 0 Å². The van der Waals surface area contributed by atoms with Crippen LogP contribution in [0.4, 0.5) is 0 Å². The van der Waals surface area contributed by atoms with Gasteiger partial charge in [-0.25, -0.2) is 0 Å². The largest absolute Gasteiger partial charge is 0.422 e. The van der Waals surface area contributed by atoms with E-state index in [4.69, 9.17) is 4.43 Å². The Kier molecular flexibility index (Phi) is 4.04. The maximum Gasteiger partial charge on any atom is 0.146 e. The summed E-state index contributed by atoms with van der Waals surface area (Å²) in [6.45, 7) is 5.69. The predicted molar refractivity (Wildman–Crippen MR) is 35.3 cm³/mol. The van der Waals surface area contributed by atoms with Crippen LogP contribution in [0.3, 0.4) is 0 Å². The standard InChI is InChI=1S/C5H12OSi/c1-3-5(4-2)6-7/h3,5H,1,4H2,2,7H3. The highest BCUT2D eigenvalue weighted by Crippen LogP contribution is 1.93. The second-order valence-electron chi connectivity index (χ2n) is 1.42. The second kappa shape index (κ2) is 4.09. The van der Waals surface area contributed by atoms with Gasteiger partial charge in [0.1, 0.15) is 10.5 Å². The monoisotopic (exact) mass is 116 g/mol. The van der Waals surface area contributed by atoms with E-state index in [0.29, 0.717) is 6.10 Å². The molecule has 0 aromatic rings. The Labute approximate surface area is 47.9 Å². The van der Waals surface area contributed by atoms with Crippen molar-refractivity contribution >= 4 is 10.5 Å². The van der Waals surface area contributed by atoms with Gasteiger partial charge in [-0.15, -0.1) is 6.58 Å². The van der Waals surface area contributed by atoms with E-state index in [2.05, 4.69) is 13.5 Å². The third-order valence-electron chi connectivity index (χ3n) is 0.968. The number of rotatable bonds is 3. The van der Waals surface area contributed by atoms with Gasteiger partial charge >= 0.3 is 0 Å². The summed E-state index contributed by atoms with van der Waals surface area (Å²) >= 11 is 0. The van der Waals surface area contributed by atoms with E-state index in [1.165, 1.54) is 0 Å². The van der Waals surface area contributed by atoms with Crippen LogP contribution in [0.15, 0.2) is 12.7 Å². The van der Waals surface area contributed by atoms with Gasteiger partial charge in [0, 0.05) is 0 Å². The van der Waals surface area contributed by atoms with Crippen LogP contribution in [-0.2, 0) is 4.43 Å². The fraction of sp³-hybridized carbons (Fsp3) is 0.600. The lowest BCUT2D eigenvalue weighted by Crippen LogP contribution is -2.03. The number of hydrogen-bond donors (Lipinski definition) is 0. The molecule has 1 unspecified atom stereocenters. The molecule has 0 radical (unpaired) electrons. The van der Waals surface area contributed by atoms with Crippen LogP contribution in [0.1, 0.15) is 13.3 Å². The molecule has 0 fully saturated rings. The van der Waals surface area contributed by atoms with E-state index >= 15 is 0 Å². The molecule has 0 aromatic heterocycles. The molecule has 0 saturated heterocycles. The molecule has 2 heteroatoms. The smallest absolute Gasteiger partial charge is 0.146 e. The van der Waals surface area contributed by atoms with Gasteiger partial charge in [0.25, 0.3) is 0 Å². The molecule has 1 nitrogen and oxygen atoms in total. The molecule has 0 aliphatic rings. The van der Waals surface area contributed by atoms with Crippen LogP contribution in [-0.4, -0.2) is 16.6 Å². The minimum Gasteiger partial charge on any atom is -0.422 e. The van der Waals surface area contributed by atoms with Crippen molar-refractivity contribution in [3.63, 3.8) is 0 Å².